The number of hydrogen-bond acceptors (Lipinski definition) is 2. The Balaban J connectivity index is 2.51. The van der Waals surface area contributed by atoms with Crippen molar-refractivity contribution in [2.75, 3.05) is 0 Å². The topological polar surface area (TPSA) is 20.2 Å². The van der Waals surface area contributed by atoms with Gasteiger partial charge in [-0.25, -0.2) is 0 Å². The third kappa shape index (κ3) is 2.96. The summed E-state index contributed by atoms with van der Waals surface area (Å²) in [6.45, 7) is 0. The molecule has 0 aliphatic rings. The Labute approximate surface area is 133 Å². The van der Waals surface area contributed by atoms with Crippen LogP contribution in [-0.4, -0.2) is 5.11 Å². The maximum absolute atomic E-state index is 10.4. The van der Waals surface area contributed by atoms with Crippen molar-refractivity contribution >= 4 is 70.7 Å². The Morgan fingerprint density at radius 1 is 1.24 bits per heavy atom. The SMILES string of the molecule is OC(c1cc(Br)sc1Br)c1c(Cl)cccc1Br. The monoisotopic (exact) mass is 458 g/mol. The van der Waals surface area contributed by atoms with E-state index < -0.39 is 6.10 Å². The summed E-state index contributed by atoms with van der Waals surface area (Å²) in [5.74, 6) is 0. The Bertz CT molecular complexity index is 535. The molecule has 0 aliphatic heterocycles. The summed E-state index contributed by atoms with van der Waals surface area (Å²) < 4.78 is 2.65. The Morgan fingerprint density at radius 2 is 1.94 bits per heavy atom. The maximum Gasteiger partial charge on any atom is 0.109 e. The summed E-state index contributed by atoms with van der Waals surface area (Å²) >= 11 is 17.9. The molecule has 1 unspecified atom stereocenters. The van der Waals surface area contributed by atoms with Gasteiger partial charge < -0.3 is 5.11 Å². The predicted octanol–water partition coefficient (Wildman–Crippen LogP) is 5.77. The van der Waals surface area contributed by atoms with E-state index in [0.717, 1.165) is 17.6 Å². The van der Waals surface area contributed by atoms with Crippen molar-refractivity contribution < 1.29 is 5.11 Å². The standard InChI is InChI=1S/C11H6Br3ClOS/c12-6-2-1-3-7(15)9(6)10(16)5-4-8(13)17-11(5)14/h1-4,10,16H. The van der Waals surface area contributed by atoms with Gasteiger partial charge in [-0.3, -0.25) is 0 Å². The molecule has 90 valence electrons. The van der Waals surface area contributed by atoms with Crippen LogP contribution in [0.25, 0.3) is 0 Å². The molecule has 1 nitrogen and oxygen atoms in total. The van der Waals surface area contributed by atoms with Crippen LogP contribution in [0, 0.1) is 0 Å². The molecule has 1 atom stereocenters. The summed E-state index contributed by atoms with van der Waals surface area (Å²) in [5.41, 5.74) is 1.48. The van der Waals surface area contributed by atoms with Crippen LogP contribution in [0.3, 0.4) is 0 Å². The first-order valence-electron chi connectivity index (χ1n) is 4.57. The van der Waals surface area contributed by atoms with Crippen molar-refractivity contribution in [2.45, 2.75) is 6.10 Å². The average Bonchev–Trinajstić information content (AvgIpc) is 2.57. The highest BCUT2D eigenvalue weighted by molar-refractivity contribution is 9.12. The Hall–Kier alpha value is 0.610. The van der Waals surface area contributed by atoms with Crippen LogP contribution in [-0.2, 0) is 0 Å². The number of hydrogen-bond donors (Lipinski definition) is 1. The fourth-order valence-electron chi connectivity index (χ4n) is 1.47. The highest BCUT2D eigenvalue weighted by Crippen LogP contribution is 2.41. The van der Waals surface area contributed by atoms with Gasteiger partial charge in [0.25, 0.3) is 0 Å². The molecule has 1 heterocycles. The molecule has 0 radical (unpaired) electrons. The molecule has 0 saturated carbocycles. The third-order valence-electron chi connectivity index (χ3n) is 2.25. The van der Waals surface area contributed by atoms with Crippen molar-refractivity contribution in [3.8, 4) is 0 Å². The van der Waals surface area contributed by atoms with Gasteiger partial charge in [0, 0.05) is 20.6 Å². The van der Waals surface area contributed by atoms with Crippen LogP contribution in [0.4, 0.5) is 0 Å². The molecular weight excluding hydrogens is 455 g/mol. The van der Waals surface area contributed by atoms with Crippen molar-refractivity contribution in [1.82, 2.24) is 0 Å². The maximum atomic E-state index is 10.4. The summed E-state index contributed by atoms with van der Waals surface area (Å²) in [6.07, 6.45) is -0.755. The summed E-state index contributed by atoms with van der Waals surface area (Å²) in [5, 5.41) is 10.9. The van der Waals surface area contributed by atoms with Gasteiger partial charge in [-0.15, -0.1) is 11.3 Å². The lowest BCUT2D eigenvalue weighted by atomic mass is 10.0. The molecule has 17 heavy (non-hydrogen) atoms. The molecule has 0 fully saturated rings. The number of benzene rings is 1. The molecule has 1 N–H and O–H groups in total. The largest absolute Gasteiger partial charge is 0.383 e. The number of rotatable bonds is 2. The average molecular weight is 461 g/mol. The summed E-state index contributed by atoms with van der Waals surface area (Å²) in [4.78, 5) is 0. The minimum atomic E-state index is -0.755. The fourth-order valence-corrected chi connectivity index (χ4v) is 5.33. The van der Waals surface area contributed by atoms with Gasteiger partial charge in [-0.1, -0.05) is 33.6 Å². The van der Waals surface area contributed by atoms with E-state index in [0.29, 0.717) is 10.6 Å². The first-order valence-corrected chi connectivity index (χ1v) is 8.14. The van der Waals surface area contributed by atoms with Crippen LogP contribution in [0.15, 0.2) is 36.3 Å². The van der Waals surface area contributed by atoms with Crippen molar-refractivity contribution in [3.05, 3.63) is 52.5 Å². The second-order valence-corrected chi connectivity index (χ2v) is 8.33. The van der Waals surface area contributed by atoms with Gasteiger partial charge in [0.2, 0.25) is 0 Å². The molecule has 0 amide bonds. The smallest absolute Gasteiger partial charge is 0.109 e. The van der Waals surface area contributed by atoms with Crippen molar-refractivity contribution in [2.24, 2.45) is 0 Å². The molecule has 0 saturated heterocycles. The lowest BCUT2D eigenvalue weighted by Crippen LogP contribution is -2.00. The molecule has 0 aliphatic carbocycles. The van der Waals surface area contributed by atoms with Gasteiger partial charge in [0.05, 0.1) is 7.57 Å². The number of halogens is 4. The van der Waals surface area contributed by atoms with Gasteiger partial charge in [-0.2, -0.15) is 0 Å². The van der Waals surface area contributed by atoms with Crippen molar-refractivity contribution in [1.29, 1.82) is 0 Å². The van der Waals surface area contributed by atoms with Gasteiger partial charge >= 0.3 is 0 Å². The molecule has 1 aromatic carbocycles. The van der Waals surface area contributed by atoms with E-state index in [1.54, 1.807) is 6.07 Å². The van der Waals surface area contributed by atoms with Crippen LogP contribution < -0.4 is 0 Å². The minimum Gasteiger partial charge on any atom is -0.383 e. The number of aliphatic hydroxyl groups is 1. The zero-order valence-corrected chi connectivity index (χ0v) is 14.6. The first kappa shape index (κ1) is 14.0. The molecule has 0 spiro atoms. The third-order valence-corrected chi connectivity index (χ3v) is 5.66. The summed E-state index contributed by atoms with van der Waals surface area (Å²) in [7, 11) is 0. The number of thiophene rings is 1. The van der Waals surface area contributed by atoms with Crippen LogP contribution in [0.1, 0.15) is 17.2 Å². The van der Waals surface area contributed by atoms with Gasteiger partial charge in [0.15, 0.2) is 0 Å². The zero-order valence-electron chi connectivity index (χ0n) is 8.25. The predicted molar refractivity (Wildman–Crippen MR) is 82.9 cm³/mol. The lowest BCUT2D eigenvalue weighted by Gasteiger charge is -2.14. The Morgan fingerprint density at radius 3 is 2.47 bits per heavy atom. The second-order valence-electron chi connectivity index (χ2n) is 3.32. The lowest BCUT2D eigenvalue weighted by molar-refractivity contribution is 0.219. The molecular formula is C11H6Br3ClOS. The van der Waals surface area contributed by atoms with E-state index >= 15 is 0 Å². The van der Waals surface area contributed by atoms with E-state index in [4.69, 9.17) is 11.6 Å². The number of aliphatic hydroxyl groups excluding tert-OH is 1. The van der Waals surface area contributed by atoms with E-state index in [-0.39, 0.29) is 0 Å². The quantitative estimate of drug-likeness (QED) is 0.602. The van der Waals surface area contributed by atoms with Gasteiger partial charge in [-0.05, 0) is 50.1 Å². The minimum absolute atomic E-state index is 0.543. The first-order chi connectivity index (χ1) is 8.00. The zero-order chi connectivity index (χ0) is 12.6. The molecule has 0 bridgehead atoms. The van der Waals surface area contributed by atoms with Crippen LogP contribution in [0.2, 0.25) is 5.02 Å². The van der Waals surface area contributed by atoms with Gasteiger partial charge in [0.1, 0.15) is 6.10 Å². The second kappa shape index (κ2) is 5.72. The molecule has 6 heteroatoms. The highest BCUT2D eigenvalue weighted by Gasteiger charge is 2.21. The van der Waals surface area contributed by atoms with E-state index in [2.05, 4.69) is 47.8 Å². The molecule has 2 aromatic rings. The van der Waals surface area contributed by atoms with Crippen LogP contribution >= 0.6 is 70.7 Å². The normalized spacial score (nSPS) is 12.8. The Kier molecular flexibility index (Phi) is 4.72. The van der Waals surface area contributed by atoms with E-state index in [1.807, 2.05) is 18.2 Å². The highest BCUT2D eigenvalue weighted by atomic mass is 79.9. The van der Waals surface area contributed by atoms with Crippen molar-refractivity contribution in [3.63, 3.8) is 0 Å². The molecule has 1 aromatic heterocycles. The van der Waals surface area contributed by atoms with E-state index in [9.17, 15) is 5.11 Å². The van der Waals surface area contributed by atoms with E-state index in [1.165, 1.54) is 11.3 Å². The van der Waals surface area contributed by atoms with Crippen LogP contribution in [0.5, 0.6) is 0 Å². The fraction of sp³-hybridized carbons (Fsp3) is 0.0909. The summed E-state index contributed by atoms with van der Waals surface area (Å²) in [6, 6.07) is 7.34. The molecule has 2 rings (SSSR count).